The number of esters is 1. The molecule has 79 heavy (non-hydrogen) atoms. The van der Waals surface area contributed by atoms with E-state index in [-0.39, 0.29) is 31.5 Å². The summed E-state index contributed by atoms with van der Waals surface area (Å²) >= 11 is 0. The third-order valence-corrected chi connectivity index (χ3v) is 15.3. The maximum absolute atomic E-state index is 13.6. The van der Waals surface area contributed by atoms with Crippen LogP contribution in [0.15, 0.2) is 85.1 Å². The fourth-order valence-electron chi connectivity index (χ4n) is 9.26. The Morgan fingerprint density at radius 1 is 0.456 bits per heavy atom. The van der Waals surface area contributed by atoms with Gasteiger partial charge in [-0.15, -0.1) is 0 Å². The Balaban J connectivity index is 5.27. The van der Waals surface area contributed by atoms with Crippen molar-refractivity contribution in [1.82, 2.24) is 5.32 Å². The minimum Gasteiger partial charge on any atom is -0.456 e. The van der Waals surface area contributed by atoms with Crippen molar-refractivity contribution in [1.29, 1.82) is 0 Å². The van der Waals surface area contributed by atoms with Crippen LogP contribution in [0.25, 0.3) is 0 Å². The number of carbonyl (C=O) groups is 2. The average molecular weight is 1130 g/mol. The molecular weight excluding hydrogens is 1000 g/mol. The number of hydrogen-bond acceptors (Lipinski definition) is 6. The Kier molecular flexibility index (Phi) is 56.3. The summed E-state index contributed by atoms with van der Waals surface area (Å²) in [6.07, 6.45) is 77.2. The molecule has 0 saturated heterocycles. The van der Waals surface area contributed by atoms with Gasteiger partial charge in [0.2, 0.25) is 5.91 Å². The maximum Gasteiger partial charge on any atom is 0.472 e. The van der Waals surface area contributed by atoms with Crippen molar-refractivity contribution < 1.29 is 37.3 Å². The zero-order valence-electron chi connectivity index (χ0n) is 52.3. The predicted octanol–water partition coefficient (Wildman–Crippen LogP) is 20.6. The monoisotopic (exact) mass is 1130 g/mol. The van der Waals surface area contributed by atoms with Crippen LogP contribution in [-0.2, 0) is 27.9 Å². The molecule has 458 valence electrons. The molecule has 0 saturated carbocycles. The van der Waals surface area contributed by atoms with Crippen molar-refractivity contribution >= 4 is 19.7 Å². The second-order valence-corrected chi connectivity index (χ2v) is 24.7. The van der Waals surface area contributed by atoms with Crippen LogP contribution in [0.5, 0.6) is 0 Å². The van der Waals surface area contributed by atoms with E-state index < -0.39 is 20.0 Å². The maximum atomic E-state index is 13.6. The van der Waals surface area contributed by atoms with Gasteiger partial charge in [0.05, 0.1) is 33.8 Å². The first-order chi connectivity index (χ1) is 38.4. The molecule has 3 atom stereocenters. The lowest BCUT2D eigenvalue weighted by atomic mass is 10.0. The van der Waals surface area contributed by atoms with Gasteiger partial charge in [0.15, 0.2) is 0 Å². The van der Waals surface area contributed by atoms with Gasteiger partial charge < -0.3 is 19.4 Å². The molecule has 0 heterocycles. The van der Waals surface area contributed by atoms with Crippen molar-refractivity contribution in [2.24, 2.45) is 0 Å². The molecule has 0 aliphatic heterocycles. The Morgan fingerprint density at radius 3 is 1.23 bits per heavy atom. The molecule has 0 rings (SSSR count). The molecule has 2 N–H and O–H groups in total. The van der Waals surface area contributed by atoms with E-state index in [4.69, 9.17) is 13.8 Å². The third kappa shape index (κ3) is 59.6. The highest BCUT2D eigenvalue weighted by Gasteiger charge is 2.30. The van der Waals surface area contributed by atoms with E-state index in [1.54, 1.807) is 0 Å². The van der Waals surface area contributed by atoms with Crippen LogP contribution < -0.4 is 5.32 Å². The van der Waals surface area contributed by atoms with E-state index in [0.717, 1.165) is 103 Å². The average Bonchev–Trinajstić information content (AvgIpc) is 3.41. The van der Waals surface area contributed by atoms with Gasteiger partial charge in [0.25, 0.3) is 0 Å². The van der Waals surface area contributed by atoms with Gasteiger partial charge in [0, 0.05) is 12.8 Å². The summed E-state index contributed by atoms with van der Waals surface area (Å²) in [5.41, 5.74) is 0. The van der Waals surface area contributed by atoms with Crippen molar-refractivity contribution in [3.05, 3.63) is 85.1 Å². The number of amides is 1. The molecule has 10 heteroatoms. The number of nitrogens with zero attached hydrogens (tertiary/aromatic N) is 1. The van der Waals surface area contributed by atoms with Gasteiger partial charge in [-0.1, -0.05) is 260 Å². The van der Waals surface area contributed by atoms with E-state index in [1.807, 2.05) is 33.3 Å². The van der Waals surface area contributed by atoms with Crippen molar-refractivity contribution in [2.45, 2.75) is 303 Å². The fraction of sp³-hybridized carbons (Fsp3) is 0.768. The van der Waals surface area contributed by atoms with Gasteiger partial charge in [0.1, 0.15) is 19.3 Å². The molecule has 0 aromatic heterocycles. The van der Waals surface area contributed by atoms with Crippen molar-refractivity contribution in [3.8, 4) is 0 Å². The molecule has 0 aliphatic rings. The number of phosphoric ester groups is 1. The van der Waals surface area contributed by atoms with E-state index in [1.165, 1.54) is 148 Å². The first kappa shape index (κ1) is 76.2. The van der Waals surface area contributed by atoms with E-state index in [9.17, 15) is 19.0 Å². The molecule has 0 fully saturated rings. The molecule has 0 aliphatic carbocycles. The highest BCUT2D eigenvalue weighted by atomic mass is 31.2. The largest absolute Gasteiger partial charge is 0.472 e. The van der Waals surface area contributed by atoms with Gasteiger partial charge in [-0.25, -0.2) is 4.57 Å². The van der Waals surface area contributed by atoms with E-state index >= 15 is 0 Å². The lowest BCUT2D eigenvalue weighted by Gasteiger charge is -2.27. The summed E-state index contributed by atoms with van der Waals surface area (Å²) in [4.78, 5) is 37.8. The minimum absolute atomic E-state index is 0.0337. The molecule has 0 spiro atoms. The summed E-state index contributed by atoms with van der Waals surface area (Å²) in [6, 6.07) is -0.862. The van der Waals surface area contributed by atoms with E-state index in [2.05, 4.69) is 99.0 Å². The molecule has 0 radical (unpaired) electrons. The number of rotatable bonds is 59. The predicted molar refractivity (Wildman–Crippen MR) is 341 cm³/mol. The number of carbonyl (C=O) groups excluding carboxylic acids is 2. The van der Waals surface area contributed by atoms with Gasteiger partial charge >= 0.3 is 13.8 Å². The topological polar surface area (TPSA) is 111 Å². The van der Waals surface area contributed by atoms with Gasteiger partial charge in [-0.05, 0) is 102 Å². The zero-order valence-corrected chi connectivity index (χ0v) is 53.2. The minimum atomic E-state index is -4.46. The van der Waals surface area contributed by atoms with Crippen LogP contribution >= 0.6 is 7.82 Å². The smallest absolute Gasteiger partial charge is 0.456 e. The quantitative estimate of drug-likeness (QED) is 0.0205. The fourth-order valence-corrected chi connectivity index (χ4v) is 9.99. The van der Waals surface area contributed by atoms with Crippen LogP contribution in [0, 0.1) is 0 Å². The van der Waals surface area contributed by atoms with Crippen molar-refractivity contribution in [3.63, 3.8) is 0 Å². The Labute approximate surface area is 488 Å². The first-order valence-electron chi connectivity index (χ1n) is 32.9. The summed E-state index contributed by atoms with van der Waals surface area (Å²) in [6.45, 7) is 6.90. The molecule has 9 nitrogen and oxygen atoms in total. The van der Waals surface area contributed by atoms with Crippen LogP contribution in [0.4, 0.5) is 0 Å². The zero-order chi connectivity index (χ0) is 57.9. The molecular formula is C69H126N2O7P+. The van der Waals surface area contributed by atoms with Crippen LogP contribution in [-0.4, -0.2) is 74.3 Å². The number of likely N-dealkylation sites (N-methyl/N-ethyl adjacent to an activating group) is 1. The Bertz CT molecular complexity index is 1630. The second-order valence-electron chi connectivity index (χ2n) is 23.3. The number of phosphoric acid groups is 1. The summed E-state index contributed by atoms with van der Waals surface area (Å²) in [5.74, 6) is -0.526. The lowest BCUT2D eigenvalue weighted by Crippen LogP contribution is -2.47. The lowest BCUT2D eigenvalue weighted by molar-refractivity contribution is -0.870. The van der Waals surface area contributed by atoms with Gasteiger partial charge in [-0.2, -0.15) is 0 Å². The van der Waals surface area contributed by atoms with Crippen molar-refractivity contribution in [2.75, 3.05) is 40.9 Å². The highest BCUT2D eigenvalue weighted by Crippen LogP contribution is 2.43. The first-order valence-corrected chi connectivity index (χ1v) is 34.4. The highest BCUT2D eigenvalue weighted by molar-refractivity contribution is 7.47. The van der Waals surface area contributed by atoms with Crippen LogP contribution in [0.2, 0.25) is 0 Å². The number of quaternary nitrogens is 1. The summed E-state index contributed by atoms with van der Waals surface area (Å²) in [5, 5.41) is 3.06. The summed E-state index contributed by atoms with van der Waals surface area (Å²) in [7, 11) is 1.48. The SMILES string of the molecule is CC/C=C\C/C=C\C/C=C\C/C=C\C/C=C\CCCCCCCC(=O)OC(/C=C/CCCCCCCCCCCCC)C(COP(=O)(O)OCC[N+](C)(C)C)NC(=O)CCCCCCCCCCC/C=C/CCCCCCCC. The van der Waals surface area contributed by atoms with Crippen LogP contribution in [0.1, 0.15) is 290 Å². The third-order valence-electron chi connectivity index (χ3n) is 14.3. The number of ether oxygens (including phenoxy) is 1. The number of allylic oxidation sites excluding steroid dienone is 13. The van der Waals surface area contributed by atoms with Crippen LogP contribution in [0.3, 0.4) is 0 Å². The second kappa shape index (κ2) is 58.4. The van der Waals surface area contributed by atoms with Gasteiger partial charge in [-0.3, -0.25) is 18.6 Å². The summed E-state index contributed by atoms with van der Waals surface area (Å²) < 4.78 is 30.8. The Morgan fingerprint density at radius 2 is 0.810 bits per heavy atom. The standard InChI is InChI=1S/C69H125N2O7P/c1-7-10-13-16-19-22-25-28-30-32-34-35-37-39-41-44-47-50-53-56-59-62-69(73)78-67(60-57-54-51-48-45-42-27-24-21-18-15-12-9-3)66(65-77-79(74,75)76-64-63-71(4,5)6)70-68(72)61-58-55-52-49-46-43-40-38-36-33-31-29-26-23-20-17-14-11-8-2/h10,13,19,22,28-31,34-35,39,41,57,60,66-67H,7-9,11-12,14-18,20-21,23-27,32-33,36-38,40,42-56,58-59,61-65H2,1-6H3,(H-,70,72,74,75)/p+1/b13-10-,22-19-,30-28-,31-29+,35-34-,41-39-,60-57+. The molecule has 3 unspecified atom stereocenters. The number of nitrogens with one attached hydrogen (secondary N) is 1. The number of unbranched alkanes of at least 4 members (excludes halogenated alkanes) is 31. The molecule has 1 amide bonds. The number of hydrogen-bond donors (Lipinski definition) is 2. The molecule has 0 aromatic rings. The molecule has 0 bridgehead atoms. The molecule has 0 aromatic carbocycles. The normalized spacial score (nSPS) is 14.2. The van der Waals surface area contributed by atoms with E-state index in [0.29, 0.717) is 23.9 Å². The Hall–Kier alpha value is -2.81.